The molecule has 3 rings (SSSR count). The van der Waals surface area contributed by atoms with E-state index in [1.165, 1.54) is 4.90 Å². The predicted molar refractivity (Wildman–Crippen MR) is 93.6 cm³/mol. The lowest BCUT2D eigenvalue weighted by Crippen LogP contribution is -2.46. The average Bonchev–Trinajstić information content (AvgIpc) is 2.66. The zero-order chi connectivity index (χ0) is 17.3. The van der Waals surface area contributed by atoms with E-state index in [1.54, 1.807) is 0 Å². The highest BCUT2D eigenvalue weighted by Gasteiger charge is 2.35. The third kappa shape index (κ3) is 2.90. The number of amides is 2. The minimum absolute atomic E-state index is 0.00192. The molecule has 2 atom stereocenters. The van der Waals surface area contributed by atoms with E-state index in [0.717, 1.165) is 22.4 Å². The van der Waals surface area contributed by atoms with E-state index in [0.29, 0.717) is 6.42 Å². The van der Waals surface area contributed by atoms with Crippen LogP contribution in [0.1, 0.15) is 29.0 Å². The molecule has 2 aromatic rings. The Morgan fingerprint density at radius 1 is 1.17 bits per heavy atom. The lowest BCUT2D eigenvalue weighted by Gasteiger charge is -2.25. The Morgan fingerprint density at radius 3 is 2.54 bits per heavy atom. The number of nitrogens with two attached hydrogens (primary N) is 2. The maximum Gasteiger partial charge on any atom is 0.244 e. The van der Waals surface area contributed by atoms with Gasteiger partial charge in [-0.15, -0.1) is 0 Å². The molecule has 1 aliphatic rings. The van der Waals surface area contributed by atoms with Crippen molar-refractivity contribution in [3.05, 3.63) is 65.2 Å². The molecular weight excluding hydrogens is 302 g/mol. The largest absolute Gasteiger partial charge is 0.368 e. The number of hydrogen-bond donors (Lipinski definition) is 2. The Morgan fingerprint density at radius 2 is 1.88 bits per heavy atom. The molecule has 0 saturated heterocycles. The summed E-state index contributed by atoms with van der Waals surface area (Å²) in [4.78, 5) is 25.7. The van der Waals surface area contributed by atoms with E-state index < -0.39 is 11.9 Å². The molecule has 0 aliphatic carbocycles. The summed E-state index contributed by atoms with van der Waals surface area (Å²) in [7, 11) is 0. The normalized spacial score (nSPS) is 20.4. The number of para-hydroxylation sites is 1. The van der Waals surface area contributed by atoms with Crippen molar-refractivity contribution in [2.75, 3.05) is 11.4 Å². The van der Waals surface area contributed by atoms with Crippen LogP contribution in [0.4, 0.5) is 5.69 Å². The van der Waals surface area contributed by atoms with Crippen LogP contribution in [0.15, 0.2) is 48.5 Å². The van der Waals surface area contributed by atoms with Gasteiger partial charge >= 0.3 is 0 Å². The summed E-state index contributed by atoms with van der Waals surface area (Å²) in [5.41, 5.74) is 15.3. The van der Waals surface area contributed by atoms with Gasteiger partial charge < -0.3 is 16.4 Å². The summed E-state index contributed by atoms with van der Waals surface area (Å²) in [5.74, 6) is -0.816. The molecule has 2 unspecified atom stereocenters. The Labute approximate surface area is 141 Å². The first-order chi connectivity index (χ1) is 11.5. The molecule has 2 aromatic carbocycles. The zero-order valence-corrected chi connectivity index (χ0v) is 13.6. The van der Waals surface area contributed by atoms with Crippen LogP contribution in [0.5, 0.6) is 0 Å². The summed E-state index contributed by atoms with van der Waals surface area (Å²) in [6, 6.07) is 15.2. The van der Waals surface area contributed by atoms with Gasteiger partial charge in [-0.1, -0.05) is 48.5 Å². The molecule has 5 heteroatoms. The predicted octanol–water partition coefficient (Wildman–Crippen LogP) is 1.68. The smallest absolute Gasteiger partial charge is 0.244 e. The van der Waals surface area contributed by atoms with Gasteiger partial charge in [-0.3, -0.25) is 9.59 Å². The van der Waals surface area contributed by atoms with Crippen molar-refractivity contribution < 1.29 is 9.59 Å². The lowest BCUT2D eigenvalue weighted by molar-refractivity contribution is -0.123. The van der Waals surface area contributed by atoms with Crippen LogP contribution in [0.25, 0.3) is 0 Å². The van der Waals surface area contributed by atoms with Gasteiger partial charge in [0.2, 0.25) is 11.8 Å². The van der Waals surface area contributed by atoms with Crippen molar-refractivity contribution in [3.63, 3.8) is 0 Å². The summed E-state index contributed by atoms with van der Waals surface area (Å²) in [6.07, 6.45) is 0.495. The van der Waals surface area contributed by atoms with Gasteiger partial charge in [-0.2, -0.15) is 0 Å². The maximum atomic E-state index is 12.8. The fraction of sp³-hybridized carbons (Fsp3) is 0.263. The molecule has 0 saturated carbocycles. The molecular formula is C19H21N3O2. The number of carbonyl (C=O) groups excluding carboxylic acids is 2. The van der Waals surface area contributed by atoms with Crippen molar-refractivity contribution in [2.24, 2.45) is 11.5 Å². The van der Waals surface area contributed by atoms with Crippen LogP contribution in [0, 0.1) is 6.92 Å². The Bertz CT molecular complexity index is 773. The second kappa shape index (κ2) is 6.45. The highest BCUT2D eigenvalue weighted by Crippen LogP contribution is 2.40. The van der Waals surface area contributed by atoms with Crippen LogP contribution >= 0.6 is 0 Å². The standard InChI is InChI=1S/C19H21N3O2/c1-12-6-5-9-14-15(13-7-3-2-4-8-13)10-16(20)19(24)22(18(12)14)11-17(21)23/h2-9,15-16H,10-11,20H2,1H3,(H2,21,23). The van der Waals surface area contributed by atoms with E-state index >= 15 is 0 Å². The van der Waals surface area contributed by atoms with Crippen molar-refractivity contribution >= 4 is 17.5 Å². The Kier molecular flexibility index (Phi) is 4.36. The molecule has 0 aromatic heterocycles. The third-order valence-corrected chi connectivity index (χ3v) is 4.50. The zero-order valence-electron chi connectivity index (χ0n) is 13.6. The number of rotatable bonds is 3. The first-order valence-corrected chi connectivity index (χ1v) is 7.98. The van der Waals surface area contributed by atoms with Crippen LogP contribution < -0.4 is 16.4 Å². The Hall–Kier alpha value is -2.66. The first-order valence-electron chi connectivity index (χ1n) is 7.98. The van der Waals surface area contributed by atoms with Crippen LogP contribution in [0.2, 0.25) is 0 Å². The molecule has 4 N–H and O–H groups in total. The maximum absolute atomic E-state index is 12.8. The topological polar surface area (TPSA) is 89.4 Å². The highest BCUT2D eigenvalue weighted by molar-refractivity contribution is 6.03. The SMILES string of the molecule is Cc1cccc2c1N(CC(N)=O)C(=O)C(N)CC2c1ccccc1. The number of anilines is 1. The van der Waals surface area contributed by atoms with Gasteiger partial charge in [-0.25, -0.2) is 0 Å². The van der Waals surface area contributed by atoms with Gasteiger partial charge in [-0.05, 0) is 30.0 Å². The van der Waals surface area contributed by atoms with Crippen LogP contribution in [0.3, 0.4) is 0 Å². The number of primary amides is 1. The molecule has 2 amide bonds. The number of benzene rings is 2. The van der Waals surface area contributed by atoms with Crippen molar-refractivity contribution in [3.8, 4) is 0 Å². The van der Waals surface area contributed by atoms with E-state index in [-0.39, 0.29) is 18.4 Å². The van der Waals surface area contributed by atoms with Crippen LogP contribution in [-0.2, 0) is 9.59 Å². The monoisotopic (exact) mass is 323 g/mol. The number of hydrogen-bond acceptors (Lipinski definition) is 3. The Balaban J connectivity index is 2.20. The summed E-state index contributed by atoms with van der Waals surface area (Å²) in [5, 5.41) is 0. The minimum Gasteiger partial charge on any atom is -0.368 e. The number of nitrogens with zero attached hydrogens (tertiary/aromatic N) is 1. The molecule has 0 fully saturated rings. The molecule has 0 bridgehead atoms. The number of aryl methyl sites for hydroxylation is 1. The van der Waals surface area contributed by atoms with Crippen molar-refractivity contribution in [2.45, 2.75) is 25.3 Å². The molecule has 1 heterocycles. The van der Waals surface area contributed by atoms with Gasteiger partial charge in [0.25, 0.3) is 0 Å². The molecule has 1 aliphatic heterocycles. The lowest BCUT2D eigenvalue weighted by atomic mass is 9.85. The molecule has 5 nitrogen and oxygen atoms in total. The van der Waals surface area contributed by atoms with Gasteiger partial charge in [0.15, 0.2) is 0 Å². The molecule has 0 spiro atoms. The van der Waals surface area contributed by atoms with Gasteiger partial charge in [0.05, 0.1) is 11.7 Å². The minimum atomic E-state index is -0.679. The molecule has 0 radical (unpaired) electrons. The van der Waals surface area contributed by atoms with Crippen molar-refractivity contribution in [1.29, 1.82) is 0 Å². The first kappa shape index (κ1) is 16.2. The number of fused-ring (bicyclic) bond motifs is 1. The average molecular weight is 323 g/mol. The van der Waals surface area contributed by atoms with E-state index in [2.05, 4.69) is 0 Å². The van der Waals surface area contributed by atoms with E-state index in [1.807, 2.05) is 55.5 Å². The fourth-order valence-electron chi connectivity index (χ4n) is 3.44. The van der Waals surface area contributed by atoms with Gasteiger partial charge in [0, 0.05) is 5.92 Å². The third-order valence-electron chi connectivity index (χ3n) is 4.50. The van der Waals surface area contributed by atoms with Crippen molar-refractivity contribution in [1.82, 2.24) is 0 Å². The molecule has 24 heavy (non-hydrogen) atoms. The second-order valence-electron chi connectivity index (χ2n) is 6.21. The molecule has 124 valence electrons. The van der Waals surface area contributed by atoms with Crippen LogP contribution in [-0.4, -0.2) is 24.4 Å². The summed E-state index contributed by atoms with van der Waals surface area (Å²) < 4.78 is 0. The van der Waals surface area contributed by atoms with Gasteiger partial charge in [0.1, 0.15) is 6.54 Å². The fourth-order valence-corrected chi connectivity index (χ4v) is 3.44. The quantitative estimate of drug-likeness (QED) is 0.900. The number of carbonyl (C=O) groups is 2. The second-order valence-corrected chi connectivity index (χ2v) is 6.21. The van der Waals surface area contributed by atoms with E-state index in [9.17, 15) is 9.59 Å². The summed E-state index contributed by atoms with van der Waals surface area (Å²) >= 11 is 0. The highest BCUT2D eigenvalue weighted by atomic mass is 16.2. The summed E-state index contributed by atoms with van der Waals surface area (Å²) in [6.45, 7) is 1.77. The van der Waals surface area contributed by atoms with E-state index in [4.69, 9.17) is 11.5 Å².